The van der Waals surface area contributed by atoms with Gasteiger partial charge in [0.1, 0.15) is 12.4 Å². The van der Waals surface area contributed by atoms with Crippen LogP contribution < -0.4 is 4.74 Å². The smallest absolute Gasteiger partial charge is 0.309 e. The Labute approximate surface area is 100.0 Å². The van der Waals surface area contributed by atoms with Gasteiger partial charge in [0.15, 0.2) is 9.84 Å². The number of hydrogen-bond donors (Lipinski definition) is 1. The van der Waals surface area contributed by atoms with Gasteiger partial charge >= 0.3 is 5.97 Å². The van der Waals surface area contributed by atoms with E-state index in [1.165, 1.54) is 31.2 Å². The van der Waals surface area contributed by atoms with Crippen LogP contribution >= 0.6 is 0 Å². The van der Waals surface area contributed by atoms with Crippen LogP contribution in [-0.4, -0.2) is 32.4 Å². The van der Waals surface area contributed by atoms with E-state index in [1.54, 1.807) is 0 Å². The molecule has 1 N–H and O–H groups in total. The minimum absolute atomic E-state index is 0.0492. The molecule has 17 heavy (non-hydrogen) atoms. The van der Waals surface area contributed by atoms with E-state index in [2.05, 4.69) is 0 Å². The zero-order chi connectivity index (χ0) is 13.1. The molecule has 5 nitrogen and oxygen atoms in total. The van der Waals surface area contributed by atoms with Crippen LogP contribution in [0.4, 0.5) is 0 Å². The van der Waals surface area contributed by atoms with Crippen molar-refractivity contribution >= 4 is 15.8 Å². The normalized spacial score (nSPS) is 13.1. The van der Waals surface area contributed by atoms with Gasteiger partial charge in [-0.2, -0.15) is 0 Å². The summed E-state index contributed by atoms with van der Waals surface area (Å²) in [5, 5.41) is 8.65. The molecule has 6 heteroatoms. The van der Waals surface area contributed by atoms with Crippen molar-refractivity contribution in [1.29, 1.82) is 0 Å². The van der Waals surface area contributed by atoms with Gasteiger partial charge in [-0.15, -0.1) is 0 Å². The minimum atomic E-state index is -3.21. The SMILES string of the molecule is CC(COc1ccc(S(C)(=O)=O)cc1)C(=O)O. The standard InChI is InChI=1S/C11H14O5S/c1-8(11(12)13)7-16-9-3-5-10(6-4-9)17(2,14)15/h3-6,8H,7H2,1-2H3,(H,12,13). The predicted molar refractivity (Wildman–Crippen MR) is 61.8 cm³/mol. The fourth-order valence-electron chi connectivity index (χ4n) is 1.08. The highest BCUT2D eigenvalue weighted by Crippen LogP contribution is 2.16. The first-order valence-electron chi connectivity index (χ1n) is 4.96. The molecule has 1 aromatic carbocycles. The Morgan fingerprint density at radius 2 is 1.88 bits per heavy atom. The highest BCUT2D eigenvalue weighted by Gasteiger charge is 2.12. The Kier molecular flexibility index (Phi) is 4.11. The van der Waals surface area contributed by atoms with E-state index >= 15 is 0 Å². The maximum absolute atomic E-state index is 11.2. The zero-order valence-electron chi connectivity index (χ0n) is 9.58. The van der Waals surface area contributed by atoms with Gasteiger partial charge in [-0.05, 0) is 31.2 Å². The van der Waals surface area contributed by atoms with Gasteiger partial charge in [-0.1, -0.05) is 0 Å². The Morgan fingerprint density at radius 1 is 1.35 bits per heavy atom. The van der Waals surface area contributed by atoms with Crippen LogP contribution in [0, 0.1) is 5.92 Å². The summed E-state index contributed by atoms with van der Waals surface area (Å²) in [6.45, 7) is 1.58. The second-order valence-corrected chi connectivity index (χ2v) is 5.81. The summed E-state index contributed by atoms with van der Waals surface area (Å²) in [7, 11) is -3.21. The Hall–Kier alpha value is -1.56. The van der Waals surface area contributed by atoms with Crippen molar-refractivity contribution in [3.63, 3.8) is 0 Å². The van der Waals surface area contributed by atoms with Crippen molar-refractivity contribution in [2.45, 2.75) is 11.8 Å². The lowest BCUT2D eigenvalue weighted by atomic mass is 10.2. The van der Waals surface area contributed by atoms with Crippen molar-refractivity contribution in [2.75, 3.05) is 12.9 Å². The molecule has 1 rings (SSSR count). The summed E-state index contributed by atoms with van der Waals surface area (Å²) in [5.41, 5.74) is 0. The molecule has 0 bridgehead atoms. The number of ether oxygens (including phenoxy) is 1. The molecule has 0 saturated carbocycles. The van der Waals surface area contributed by atoms with E-state index < -0.39 is 21.7 Å². The second kappa shape index (κ2) is 5.18. The average molecular weight is 258 g/mol. The minimum Gasteiger partial charge on any atom is -0.493 e. The predicted octanol–water partition coefficient (Wildman–Crippen LogP) is 1.19. The molecular formula is C11H14O5S. The molecule has 0 aliphatic carbocycles. The topological polar surface area (TPSA) is 80.7 Å². The summed E-state index contributed by atoms with van der Waals surface area (Å²) in [6, 6.07) is 5.86. The molecule has 0 saturated heterocycles. The summed E-state index contributed by atoms with van der Waals surface area (Å²) >= 11 is 0. The third kappa shape index (κ3) is 4.07. The van der Waals surface area contributed by atoms with E-state index in [1.807, 2.05) is 0 Å². The van der Waals surface area contributed by atoms with E-state index in [4.69, 9.17) is 9.84 Å². The van der Waals surface area contributed by atoms with Crippen LogP contribution in [0.15, 0.2) is 29.2 Å². The summed E-state index contributed by atoms with van der Waals surface area (Å²) in [5.74, 6) is -1.09. The molecule has 1 aromatic rings. The fourth-order valence-corrected chi connectivity index (χ4v) is 1.71. The van der Waals surface area contributed by atoms with E-state index in [0.29, 0.717) is 5.75 Å². The van der Waals surface area contributed by atoms with Crippen LogP contribution in [0.3, 0.4) is 0 Å². The third-order valence-corrected chi connectivity index (χ3v) is 3.30. The molecular weight excluding hydrogens is 244 g/mol. The first-order chi connectivity index (χ1) is 7.80. The molecule has 0 spiro atoms. The molecule has 1 atom stereocenters. The van der Waals surface area contributed by atoms with Crippen LogP contribution in [0.25, 0.3) is 0 Å². The number of hydrogen-bond acceptors (Lipinski definition) is 4. The van der Waals surface area contributed by atoms with Gasteiger partial charge in [0.25, 0.3) is 0 Å². The van der Waals surface area contributed by atoms with Crippen molar-refractivity contribution in [3.8, 4) is 5.75 Å². The zero-order valence-corrected chi connectivity index (χ0v) is 10.4. The van der Waals surface area contributed by atoms with E-state index in [9.17, 15) is 13.2 Å². The van der Waals surface area contributed by atoms with Gasteiger partial charge in [-0.25, -0.2) is 8.42 Å². The van der Waals surface area contributed by atoms with Gasteiger partial charge in [0.2, 0.25) is 0 Å². The molecule has 0 fully saturated rings. The van der Waals surface area contributed by atoms with Crippen LogP contribution in [0.5, 0.6) is 5.75 Å². The number of carboxylic acid groups (broad SMARTS) is 1. The maximum atomic E-state index is 11.2. The van der Waals surface area contributed by atoms with Gasteiger partial charge < -0.3 is 9.84 Å². The number of benzene rings is 1. The van der Waals surface area contributed by atoms with Gasteiger partial charge in [0, 0.05) is 6.26 Å². The van der Waals surface area contributed by atoms with Crippen LogP contribution in [0.1, 0.15) is 6.92 Å². The van der Waals surface area contributed by atoms with Crippen LogP contribution in [0.2, 0.25) is 0 Å². The first-order valence-corrected chi connectivity index (χ1v) is 6.85. The fraction of sp³-hybridized carbons (Fsp3) is 0.364. The molecule has 0 aliphatic heterocycles. The Morgan fingerprint density at radius 3 is 2.29 bits per heavy atom. The Bertz CT molecular complexity index is 489. The molecule has 0 radical (unpaired) electrons. The highest BCUT2D eigenvalue weighted by atomic mass is 32.2. The van der Waals surface area contributed by atoms with E-state index in [0.717, 1.165) is 6.26 Å². The lowest BCUT2D eigenvalue weighted by Gasteiger charge is -2.09. The summed E-state index contributed by atoms with van der Waals surface area (Å²) in [4.78, 5) is 10.8. The van der Waals surface area contributed by atoms with Crippen molar-refractivity contribution in [2.24, 2.45) is 5.92 Å². The maximum Gasteiger partial charge on any atom is 0.309 e. The largest absolute Gasteiger partial charge is 0.493 e. The number of sulfone groups is 1. The number of carbonyl (C=O) groups is 1. The quantitative estimate of drug-likeness (QED) is 0.858. The van der Waals surface area contributed by atoms with Crippen molar-refractivity contribution < 1.29 is 23.1 Å². The molecule has 0 heterocycles. The lowest BCUT2D eigenvalue weighted by Crippen LogP contribution is -2.17. The lowest BCUT2D eigenvalue weighted by molar-refractivity contribution is -0.142. The molecule has 0 aromatic heterocycles. The molecule has 0 aliphatic rings. The first kappa shape index (κ1) is 13.5. The number of rotatable bonds is 5. The van der Waals surface area contributed by atoms with Crippen LogP contribution in [-0.2, 0) is 14.6 Å². The summed E-state index contributed by atoms with van der Waals surface area (Å²) in [6.07, 6.45) is 1.12. The van der Waals surface area contributed by atoms with Gasteiger partial charge in [0.05, 0.1) is 10.8 Å². The Balaban J connectivity index is 2.67. The number of carboxylic acids is 1. The number of aliphatic carboxylic acids is 1. The highest BCUT2D eigenvalue weighted by molar-refractivity contribution is 7.90. The average Bonchev–Trinajstić information content (AvgIpc) is 2.25. The summed E-state index contributed by atoms with van der Waals surface area (Å²) < 4.78 is 27.6. The van der Waals surface area contributed by atoms with Crippen molar-refractivity contribution in [1.82, 2.24) is 0 Å². The monoisotopic (exact) mass is 258 g/mol. The molecule has 94 valence electrons. The molecule has 0 amide bonds. The van der Waals surface area contributed by atoms with Crippen molar-refractivity contribution in [3.05, 3.63) is 24.3 Å². The van der Waals surface area contributed by atoms with E-state index in [-0.39, 0.29) is 11.5 Å². The van der Waals surface area contributed by atoms with Gasteiger partial charge in [-0.3, -0.25) is 4.79 Å². The molecule has 1 unspecified atom stereocenters. The second-order valence-electron chi connectivity index (χ2n) is 3.79. The third-order valence-electron chi connectivity index (χ3n) is 2.17.